The molecule has 1 rings (SSSR count). The Balaban J connectivity index is 2.72. The van der Waals surface area contributed by atoms with Crippen molar-refractivity contribution >= 4 is 0 Å². The minimum Gasteiger partial charge on any atom is -0.491 e. The van der Waals surface area contributed by atoms with Crippen LogP contribution in [-0.2, 0) is 6.42 Å². The first-order valence-electron chi connectivity index (χ1n) is 4.48. The molecular formula is C11H16O. The molecule has 0 aliphatic carbocycles. The van der Waals surface area contributed by atoms with Gasteiger partial charge in [0, 0.05) is 0 Å². The van der Waals surface area contributed by atoms with Crippen LogP contribution in [0.4, 0.5) is 0 Å². The summed E-state index contributed by atoms with van der Waals surface area (Å²) in [4.78, 5) is 0. The zero-order valence-electron chi connectivity index (χ0n) is 8.00. The van der Waals surface area contributed by atoms with E-state index in [1.165, 1.54) is 5.56 Å². The lowest BCUT2D eigenvalue weighted by atomic mass is 10.2. The Bertz CT molecular complexity index is 241. The fourth-order valence-corrected chi connectivity index (χ4v) is 1.11. The highest BCUT2D eigenvalue weighted by Gasteiger charge is 1.97. The maximum absolute atomic E-state index is 5.56. The van der Waals surface area contributed by atoms with Gasteiger partial charge in [-0.15, -0.1) is 0 Å². The van der Waals surface area contributed by atoms with E-state index in [-0.39, 0.29) is 6.10 Å². The molecule has 0 spiro atoms. The first kappa shape index (κ1) is 9.11. The third kappa shape index (κ3) is 2.57. The normalized spacial score (nSPS) is 10.3. The average molecular weight is 164 g/mol. The predicted octanol–water partition coefficient (Wildman–Crippen LogP) is 3.04. The quantitative estimate of drug-likeness (QED) is 0.667. The van der Waals surface area contributed by atoms with E-state index in [1.54, 1.807) is 0 Å². The predicted molar refractivity (Wildman–Crippen MR) is 51.6 cm³/mol. The van der Waals surface area contributed by atoms with Gasteiger partial charge in [-0.2, -0.15) is 0 Å². The van der Waals surface area contributed by atoms with E-state index in [1.807, 2.05) is 26.0 Å². The molecule has 1 nitrogen and oxygen atoms in total. The molecule has 0 unspecified atom stereocenters. The number of aryl methyl sites for hydroxylation is 1. The summed E-state index contributed by atoms with van der Waals surface area (Å²) in [6.45, 7) is 6.23. The summed E-state index contributed by atoms with van der Waals surface area (Å²) in [5, 5.41) is 0. The molecule has 0 fully saturated rings. The zero-order chi connectivity index (χ0) is 8.97. The highest BCUT2D eigenvalue weighted by Crippen LogP contribution is 2.14. The van der Waals surface area contributed by atoms with Gasteiger partial charge < -0.3 is 4.74 Å². The van der Waals surface area contributed by atoms with Crippen LogP contribution in [0, 0.1) is 0 Å². The molecule has 0 aliphatic rings. The topological polar surface area (TPSA) is 9.23 Å². The summed E-state index contributed by atoms with van der Waals surface area (Å²) in [7, 11) is 0. The van der Waals surface area contributed by atoms with Gasteiger partial charge in [-0.1, -0.05) is 19.1 Å². The fraction of sp³-hybridized carbons (Fsp3) is 0.455. The van der Waals surface area contributed by atoms with Crippen LogP contribution in [0.2, 0.25) is 0 Å². The summed E-state index contributed by atoms with van der Waals surface area (Å²) in [5.41, 5.74) is 1.33. The van der Waals surface area contributed by atoms with E-state index < -0.39 is 0 Å². The molecule has 1 heteroatoms. The van der Waals surface area contributed by atoms with E-state index in [9.17, 15) is 0 Å². The van der Waals surface area contributed by atoms with Crippen LogP contribution in [0.1, 0.15) is 26.3 Å². The van der Waals surface area contributed by atoms with Crippen molar-refractivity contribution in [3.05, 3.63) is 29.8 Å². The molecule has 0 saturated carbocycles. The number of rotatable bonds is 3. The summed E-state index contributed by atoms with van der Waals surface area (Å²) in [6.07, 6.45) is 1.33. The summed E-state index contributed by atoms with van der Waals surface area (Å²) in [6, 6.07) is 8.25. The number of benzene rings is 1. The van der Waals surface area contributed by atoms with Gasteiger partial charge in [0.25, 0.3) is 0 Å². The van der Waals surface area contributed by atoms with Crippen LogP contribution in [-0.4, -0.2) is 6.10 Å². The van der Waals surface area contributed by atoms with Crippen molar-refractivity contribution < 1.29 is 4.74 Å². The van der Waals surface area contributed by atoms with Crippen LogP contribution in [0.25, 0.3) is 0 Å². The lowest BCUT2D eigenvalue weighted by Crippen LogP contribution is -2.05. The maximum Gasteiger partial charge on any atom is 0.119 e. The van der Waals surface area contributed by atoms with Gasteiger partial charge in [0.2, 0.25) is 0 Å². The molecule has 0 aromatic heterocycles. The van der Waals surface area contributed by atoms with Crippen LogP contribution in [0.5, 0.6) is 5.75 Å². The molecule has 0 radical (unpaired) electrons. The highest BCUT2D eigenvalue weighted by molar-refractivity contribution is 5.28. The fourth-order valence-electron chi connectivity index (χ4n) is 1.11. The van der Waals surface area contributed by atoms with Crippen molar-refractivity contribution in [1.29, 1.82) is 0 Å². The molecule has 1 aromatic carbocycles. The van der Waals surface area contributed by atoms with Gasteiger partial charge in [-0.05, 0) is 38.0 Å². The lowest BCUT2D eigenvalue weighted by molar-refractivity contribution is 0.242. The van der Waals surface area contributed by atoms with E-state index in [4.69, 9.17) is 4.74 Å². The van der Waals surface area contributed by atoms with E-state index in [0.29, 0.717) is 0 Å². The molecular weight excluding hydrogens is 148 g/mol. The Labute approximate surface area is 74.4 Å². The van der Waals surface area contributed by atoms with Gasteiger partial charge in [-0.3, -0.25) is 0 Å². The smallest absolute Gasteiger partial charge is 0.119 e. The van der Waals surface area contributed by atoms with Crippen molar-refractivity contribution in [2.45, 2.75) is 33.3 Å². The Morgan fingerprint density at radius 3 is 2.67 bits per heavy atom. The second-order valence-electron chi connectivity index (χ2n) is 3.17. The monoisotopic (exact) mass is 164 g/mol. The van der Waals surface area contributed by atoms with E-state index in [2.05, 4.69) is 19.1 Å². The minimum absolute atomic E-state index is 0.261. The molecule has 0 saturated heterocycles. The van der Waals surface area contributed by atoms with Crippen molar-refractivity contribution in [2.24, 2.45) is 0 Å². The van der Waals surface area contributed by atoms with Gasteiger partial charge in [0.15, 0.2) is 0 Å². The Kier molecular flexibility index (Phi) is 3.15. The van der Waals surface area contributed by atoms with Crippen molar-refractivity contribution in [1.82, 2.24) is 0 Å². The average Bonchev–Trinajstić information content (AvgIpc) is 2.03. The number of ether oxygens (including phenoxy) is 1. The summed E-state index contributed by atoms with van der Waals surface area (Å²) in [5.74, 6) is 0.976. The molecule has 0 amide bonds. The molecule has 0 aliphatic heterocycles. The number of hydrogen-bond donors (Lipinski definition) is 0. The largest absolute Gasteiger partial charge is 0.491 e. The van der Waals surface area contributed by atoms with E-state index >= 15 is 0 Å². The first-order valence-corrected chi connectivity index (χ1v) is 4.48. The SMILES string of the molecule is CCc1cccc(OC(C)C)c1. The van der Waals surface area contributed by atoms with Gasteiger partial charge in [0.05, 0.1) is 6.10 Å². The molecule has 0 N–H and O–H groups in total. The van der Waals surface area contributed by atoms with Crippen LogP contribution in [0.15, 0.2) is 24.3 Å². The lowest BCUT2D eigenvalue weighted by Gasteiger charge is -2.09. The second kappa shape index (κ2) is 4.15. The minimum atomic E-state index is 0.261. The Morgan fingerprint density at radius 2 is 2.08 bits per heavy atom. The summed E-state index contributed by atoms with van der Waals surface area (Å²) < 4.78 is 5.56. The van der Waals surface area contributed by atoms with E-state index in [0.717, 1.165) is 12.2 Å². The maximum atomic E-state index is 5.56. The molecule has 0 bridgehead atoms. The van der Waals surface area contributed by atoms with Gasteiger partial charge >= 0.3 is 0 Å². The molecule has 0 atom stereocenters. The zero-order valence-corrected chi connectivity index (χ0v) is 8.00. The molecule has 1 aromatic rings. The van der Waals surface area contributed by atoms with Crippen molar-refractivity contribution in [3.63, 3.8) is 0 Å². The molecule has 66 valence electrons. The highest BCUT2D eigenvalue weighted by atomic mass is 16.5. The van der Waals surface area contributed by atoms with Gasteiger partial charge in [-0.25, -0.2) is 0 Å². The second-order valence-corrected chi connectivity index (χ2v) is 3.17. The van der Waals surface area contributed by atoms with Crippen LogP contribution < -0.4 is 4.74 Å². The Morgan fingerprint density at radius 1 is 1.33 bits per heavy atom. The van der Waals surface area contributed by atoms with Crippen molar-refractivity contribution in [2.75, 3.05) is 0 Å². The standard InChI is InChI=1S/C11H16O/c1-4-10-6-5-7-11(8-10)12-9(2)3/h5-9H,4H2,1-3H3. The third-order valence-electron chi connectivity index (χ3n) is 1.68. The first-order chi connectivity index (χ1) is 5.72. The number of hydrogen-bond acceptors (Lipinski definition) is 1. The van der Waals surface area contributed by atoms with Crippen LogP contribution in [0.3, 0.4) is 0 Å². The van der Waals surface area contributed by atoms with Gasteiger partial charge in [0.1, 0.15) is 5.75 Å². The molecule has 0 heterocycles. The van der Waals surface area contributed by atoms with Crippen molar-refractivity contribution in [3.8, 4) is 5.75 Å². The van der Waals surface area contributed by atoms with Crippen LogP contribution >= 0.6 is 0 Å². The third-order valence-corrected chi connectivity index (χ3v) is 1.68. The Hall–Kier alpha value is -0.980. The molecule has 12 heavy (non-hydrogen) atoms. The summed E-state index contributed by atoms with van der Waals surface area (Å²) >= 11 is 0.